The van der Waals surface area contributed by atoms with Gasteiger partial charge in [0, 0.05) is 18.5 Å². The van der Waals surface area contributed by atoms with Crippen LogP contribution in [0.25, 0.3) is 0 Å². The van der Waals surface area contributed by atoms with Gasteiger partial charge in [-0.05, 0) is 35.2 Å². The Balaban J connectivity index is 1.64. The molecule has 0 aliphatic carbocycles. The molecule has 2 aliphatic rings. The summed E-state index contributed by atoms with van der Waals surface area (Å²) < 4.78 is 10.8. The second kappa shape index (κ2) is 6.41. The molecule has 2 heterocycles. The van der Waals surface area contributed by atoms with Gasteiger partial charge in [-0.3, -0.25) is 4.79 Å². The van der Waals surface area contributed by atoms with Crippen LogP contribution in [0.2, 0.25) is 0 Å². The minimum absolute atomic E-state index is 0.108. The van der Waals surface area contributed by atoms with Gasteiger partial charge in [-0.2, -0.15) is 0 Å². The normalized spacial score (nSPS) is 24.4. The molecule has 4 rings (SSSR count). The van der Waals surface area contributed by atoms with E-state index in [1.807, 2.05) is 30.3 Å². The highest BCUT2D eigenvalue weighted by molar-refractivity contribution is 5.73. The lowest BCUT2D eigenvalue weighted by Gasteiger charge is -2.21. The Bertz CT molecular complexity index is 787. The Morgan fingerprint density at radius 2 is 1.84 bits per heavy atom. The lowest BCUT2D eigenvalue weighted by atomic mass is 9.82. The Morgan fingerprint density at radius 3 is 2.56 bits per heavy atom. The molecular weight excluding hydrogens is 318 g/mol. The van der Waals surface area contributed by atoms with Crippen LogP contribution < -0.4 is 14.8 Å². The number of nitrogens with one attached hydrogen (secondary N) is 1. The molecule has 5 nitrogen and oxygen atoms in total. The minimum atomic E-state index is -0.780. The monoisotopic (exact) mass is 339 g/mol. The first-order valence-corrected chi connectivity index (χ1v) is 8.62. The van der Waals surface area contributed by atoms with Gasteiger partial charge in [0.1, 0.15) is 0 Å². The number of aryl methyl sites for hydroxylation is 1. The first kappa shape index (κ1) is 16.0. The van der Waals surface area contributed by atoms with Crippen molar-refractivity contribution in [3.05, 3.63) is 59.2 Å². The molecule has 2 N–H and O–H groups in total. The van der Waals surface area contributed by atoms with Crippen LogP contribution >= 0.6 is 0 Å². The van der Waals surface area contributed by atoms with Gasteiger partial charge in [0.2, 0.25) is 6.79 Å². The predicted octanol–water partition coefficient (Wildman–Crippen LogP) is 3.11. The minimum Gasteiger partial charge on any atom is -0.481 e. The fraction of sp³-hybridized carbons (Fsp3) is 0.350. The second-order valence-corrected chi connectivity index (χ2v) is 6.56. The molecule has 3 atom stereocenters. The van der Waals surface area contributed by atoms with Crippen molar-refractivity contribution in [3.63, 3.8) is 0 Å². The summed E-state index contributed by atoms with van der Waals surface area (Å²) >= 11 is 0. The summed E-state index contributed by atoms with van der Waals surface area (Å²) in [6.45, 7) is 2.95. The van der Waals surface area contributed by atoms with Crippen molar-refractivity contribution in [2.75, 3.05) is 13.3 Å². The van der Waals surface area contributed by atoms with Crippen molar-refractivity contribution in [1.29, 1.82) is 0 Å². The molecule has 2 unspecified atom stereocenters. The van der Waals surface area contributed by atoms with E-state index in [9.17, 15) is 9.90 Å². The van der Waals surface area contributed by atoms with Crippen LogP contribution in [0.4, 0.5) is 0 Å². The van der Waals surface area contributed by atoms with Crippen LogP contribution in [-0.2, 0) is 11.2 Å². The zero-order valence-electron chi connectivity index (χ0n) is 14.1. The fourth-order valence-electron chi connectivity index (χ4n) is 3.81. The number of fused-ring (bicyclic) bond motifs is 1. The lowest BCUT2D eigenvalue weighted by Crippen LogP contribution is -2.25. The standard InChI is InChI=1S/C20H21NO4/c1-2-12-3-5-13(6-4-12)19-18(20(22)23)15(10-21-19)14-7-8-16-17(9-14)25-11-24-16/h3-9,15,18-19,21H,2,10-11H2,1H3,(H,22,23)/t15?,18-,19?/m1/s1. The van der Waals surface area contributed by atoms with Gasteiger partial charge in [0.05, 0.1) is 5.92 Å². The van der Waals surface area contributed by atoms with Gasteiger partial charge in [0.15, 0.2) is 11.5 Å². The number of hydrogen-bond donors (Lipinski definition) is 2. The molecular formula is C20H21NO4. The van der Waals surface area contributed by atoms with E-state index in [1.54, 1.807) is 0 Å². The van der Waals surface area contributed by atoms with Gasteiger partial charge >= 0.3 is 5.97 Å². The van der Waals surface area contributed by atoms with Crippen molar-refractivity contribution in [3.8, 4) is 11.5 Å². The van der Waals surface area contributed by atoms with E-state index in [-0.39, 0.29) is 18.8 Å². The number of carbonyl (C=O) groups is 1. The molecule has 0 bridgehead atoms. The molecule has 0 spiro atoms. The summed E-state index contributed by atoms with van der Waals surface area (Å²) in [6.07, 6.45) is 0.973. The molecule has 2 aromatic carbocycles. The predicted molar refractivity (Wildman–Crippen MR) is 93.0 cm³/mol. The average Bonchev–Trinajstić information content (AvgIpc) is 3.27. The Labute approximate surface area is 146 Å². The van der Waals surface area contributed by atoms with E-state index >= 15 is 0 Å². The van der Waals surface area contributed by atoms with Crippen LogP contribution in [0.1, 0.15) is 35.6 Å². The topological polar surface area (TPSA) is 67.8 Å². The number of benzene rings is 2. The van der Waals surface area contributed by atoms with Gasteiger partial charge in [-0.1, -0.05) is 37.3 Å². The van der Waals surface area contributed by atoms with Gasteiger partial charge < -0.3 is 19.9 Å². The lowest BCUT2D eigenvalue weighted by molar-refractivity contribution is -0.142. The van der Waals surface area contributed by atoms with E-state index in [1.165, 1.54) is 5.56 Å². The van der Waals surface area contributed by atoms with Crippen molar-refractivity contribution in [2.45, 2.75) is 25.3 Å². The van der Waals surface area contributed by atoms with E-state index < -0.39 is 11.9 Å². The summed E-state index contributed by atoms with van der Waals surface area (Å²) in [5, 5.41) is 13.3. The molecule has 0 amide bonds. The first-order valence-electron chi connectivity index (χ1n) is 8.62. The van der Waals surface area contributed by atoms with E-state index in [0.29, 0.717) is 18.0 Å². The van der Waals surface area contributed by atoms with Crippen molar-refractivity contribution < 1.29 is 19.4 Å². The number of aliphatic carboxylic acids is 1. The van der Waals surface area contributed by atoms with E-state index in [4.69, 9.17) is 9.47 Å². The Hall–Kier alpha value is -2.53. The van der Waals surface area contributed by atoms with Crippen molar-refractivity contribution >= 4 is 5.97 Å². The van der Waals surface area contributed by atoms with Crippen LogP contribution in [-0.4, -0.2) is 24.4 Å². The smallest absolute Gasteiger partial charge is 0.309 e. The van der Waals surface area contributed by atoms with Crippen LogP contribution in [0.3, 0.4) is 0 Å². The third-order valence-corrected chi connectivity index (χ3v) is 5.21. The van der Waals surface area contributed by atoms with Crippen LogP contribution in [0.15, 0.2) is 42.5 Å². The molecule has 0 radical (unpaired) electrons. The maximum Gasteiger partial charge on any atom is 0.309 e. The van der Waals surface area contributed by atoms with Crippen molar-refractivity contribution in [2.24, 2.45) is 5.92 Å². The number of hydrogen-bond acceptors (Lipinski definition) is 4. The molecule has 2 aromatic rings. The molecule has 25 heavy (non-hydrogen) atoms. The fourth-order valence-corrected chi connectivity index (χ4v) is 3.81. The summed E-state index contributed by atoms with van der Waals surface area (Å²) in [4.78, 5) is 12.0. The maximum atomic E-state index is 12.0. The number of ether oxygens (including phenoxy) is 2. The molecule has 0 aromatic heterocycles. The number of carboxylic acids is 1. The molecule has 2 aliphatic heterocycles. The van der Waals surface area contributed by atoms with Gasteiger partial charge in [-0.25, -0.2) is 0 Å². The van der Waals surface area contributed by atoms with Crippen LogP contribution in [0.5, 0.6) is 11.5 Å². The summed E-state index contributed by atoms with van der Waals surface area (Å²) in [5.74, 6) is -0.00129. The third-order valence-electron chi connectivity index (χ3n) is 5.21. The molecule has 130 valence electrons. The SMILES string of the molecule is CCc1ccc(C2NCC(c3ccc4c(c3)OCO4)[C@H]2C(=O)O)cc1. The third kappa shape index (κ3) is 2.85. The highest BCUT2D eigenvalue weighted by Crippen LogP contribution is 2.43. The largest absolute Gasteiger partial charge is 0.481 e. The Kier molecular flexibility index (Phi) is 4.09. The van der Waals surface area contributed by atoms with Crippen LogP contribution in [0, 0.1) is 5.92 Å². The number of rotatable bonds is 4. The maximum absolute atomic E-state index is 12.0. The zero-order valence-corrected chi connectivity index (χ0v) is 14.1. The van der Waals surface area contributed by atoms with Gasteiger partial charge in [-0.15, -0.1) is 0 Å². The van der Waals surface area contributed by atoms with Gasteiger partial charge in [0.25, 0.3) is 0 Å². The molecule has 0 saturated carbocycles. The van der Waals surface area contributed by atoms with E-state index in [0.717, 1.165) is 17.5 Å². The zero-order chi connectivity index (χ0) is 17.4. The average molecular weight is 339 g/mol. The highest BCUT2D eigenvalue weighted by Gasteiger charge is 2.42. The van der Waals surface area contributed by atoms with E-state index in [2.05, 4.69) is 24.4 Å². The molecule has 5 heteroatoms. The quantitative estimate of drug-likeness (QED) is 0.896. The number of carboxylic acid groups (broad SMARTS) is 1. The summed E-state index contributed by atoms with van der Waals surface area (Å²) in [7, 11) is 0. The highest BCUT2D eigenvalue weighted by atomic mass is 16.7. The molecule has 1 saturated heterocycles. The molecule has 1 fully saturated rings. The Morgan fingerprint density at radius 1 is 1.12 bits per heavy atom. The second-order valence-electron chi connectivity index (χ2n) is 6.56. The summed E-state index contributed by atoms with van der Waals surface area (Å²) in [5.41, 5.74) is 3.24. The summed E-state index contributed by atoms with van der Waals surface area (Å²) in [6, 6.07) is 13.7. The van der Waals surface area contributed by atoms with Crippen molar-refractivity contribution in [1.82, 2.24) is 5.32 Å². The first-order chi connectivity index (χ1) is 12.2.